The third kappa shape index (κ3) is 4.29. The summed E-state index contributed by atoms with van der Waals surface area (Å²) < 4.78 is 5.43. The number of hydrogen-bond acceptors (Lipinski definition) is 3. The van der Waals surface area contributed by atoms with E-state index in [0.717, 1.165) is 12.8 Å². The zero-order valence-electron chi connectivity index (χ0n) is 9.77. The molecule has 0 aromatic carbocycles. The van der Waals surface area contributed by atoms with E-state index in [1.165, 1.54) is 0 Å². The monoisotopic (exact) mass is 222 g/mol. The van der Waals surface area contributed by atoms with Crippen LogP contribution in [0.15, 0.2) is 24.5 Å². The molecule has 0 aliphatic carbocycles. The van der Waals surface area contributed by atoms with Crippen LogP contribution >= 0.6 is 0 Å². The van der Waals surface area contributed by atoms with Crippen LogP contribution in [0.25, 0.3) is 0 Å². The SMILES string of the molecule is CCCCNC(=O)C(C)Oc1cccnc1. The summed E-state index contributed by atoms with van der Waals surface area (Å²) in [5.74, 6) is 0.526. The fraction of sp³-hybridized carbons (Fsp3) is 0.500. The second kappa shape index (κ2) is 6.82. The van der Waals surface area contributed by atoms with Crippen molar-refractivity contribution in [1.29, 1.82) is 0 Å². The van der Waals surface area contributed by atoms with Gasteiger partial charge in [0, 0.05) is 12.7 Å². The molecule has 4 nitrogen and oxygen atoms in total. The summed E-state index contributed by atoms with van der Waals surface area (Å²) in [4.78, 5) is 15.5. The van der Waals surface area contributed by atoms with Gasteiger partial charge in [-0.1, -0.05) is 13.3 Å². The molecule has 1 aromatic heterocycles. The molecule has 0 spiro atoms. The Morgan fingerprint density at radius 2 is 2.44 bits per heavy atom. The molecule has 1 aromatic rings. The van der Waals surface area contributed by atoms with Crippen LogP contribution < -0.4 is 10.1 Å². The van der Waals surface area contributed by atoms with Crippen molar-refractivity contribution < 1.29 is 9.53 Å². The van der Waals surface area contributed by atoms with E-state index < -0.39 is 6.10 Å². The van der Waals surface area contributed by atoms with E-state index in [4.69, 9.17) is 4.74 Å². The van der Waals surface area contributed by atoms with Crippen LogP contribution in [0.3, 0.4) is 0 Å². The first-order valence-corrected chi connectivity index (χ1v) is 5.58. The maximum Gasteiger partial charge on any atom is 0.260 e. The standard InChI is InChI=1S/C12H18N2O2/c1-3-4-8-14-12(15)10(2)16-11-6-5-7-13-9-11/h5-7,9-10H,3-4,8H2,1-2H3,(H,14,15). The van der Waals surface area contributed by atoms with Gasteiger partial charge in [-0.3, -0.25) is 9.78 Å². The van der Waals surface area contributed by atoms with Gasteiger partial charge in [-0.15, -0.1) is 0 Å². The van der Waals surface area contributed by atoms with Crippen LogP contribution in [-0.4, -0.2) is 23.5 Å². The Bertz CT molecular complexity index is 314. The maximum absolute atomic E-state index is 11.6. The number of unbranched alkanes of at least 4 members (excludes halogenated alkanes) is 1. The predicted octanol–water partition coefficient (Wildman–Crippen LogP) is 1.77. The zero-order chi connectivity index (χ0) is 11.8. The summed E-state index contributed by atoms with van der Waals surface area (Å²) in [7, 11) is 0. The van der Waals surface area contributed by atoms with Gasteiger partial charge in [0.2, 0.25) is 0 Å². The van der Waals surface area contributed by atoms with Gasteiger partial charge in [-0.2, -0.15) is 0 Å². The topological polar surface area (TPSA) is 51.2 Å². The molecule has 1 heterocycles. The van der Waals surface area contributed by atoms with Crippen molar-refractivity contribution in [3.05, 3.63) is 24.5 Å². The van der Waals surface area contributed by atoms with Crippen LogP contribution in [0, 0.1) is 0 Å². The number of carbonyl (C=O) groups is 1. The molecule has 4 heteroatoms. The molecule has 1 amide bonds. The van der Waals surface area contributed by atoms with Gasteiger partial charge >= 0.3 is 0 Å². The summed E-state index contributed by atoms with van der Waals surface area (Å²) in [6.45, 7) is 4.52. The van der Waals surface area contributed by atoms with Crippen molar-refractivity contribution >= 4 is 5.91 Å². The van der Waals surface area contributed by atoms with E-state index in [0.29, 0.717) is 12.3 Å². The molecule has 0 saturated heterocycles. The number of ether oxygens (including phenoxy) is 1. The number of hydrogen-bond donors (Lipinski definition) is 1. The summed E-state index contributed by atoms with van der Waals surface area (Å²) in [5, 5.41) is 2.82. The van der Waals surface area contributed by atoms with Crippen molar-refractivity contribution in [2.75, 3.05) is 6.54 Å². The predicted molar refractivity (Wildman–Crippen MR) is 62.2 cm³/mol. The fourth-order valence-electron chi connectivity index (χ4n) is 1.21. The fourth-order valence-corrected chi connectivity index (χ4v) is 1.21. The molecule has 1 N–H and O–H groups in total. The van der Waals surface area contributed by atoms with Crippen molar-refractivity contribution in [3.63, 3.8) is 0 Å². The number of carbonyl (C=O) groups excluding carboxylic acids is 1. The minimum absolute atomic E-state index is 0.0858. The van der Waals surface area contributed by atoms with Crippen molar-refractivity contribution in [1.82, 2.24) is 10.3 Å². The van der Waals surface area contributed by atoms with E-state index in [1.807, 2.05) is 0 Å². The van der Waals surface area contributed by atoms with Crippen LogP contribution in [0.5, 0.6) is 5.75 Å². The minimum atomic E-state index is -0.485. The largest absolute Gasteiger partial charge is 0.479 e. The Morgan fingerprint density at radius 3 is 3.06 bits per heavy atom. The zero-order valence-corrected chi connectivity index (χ0v) is 9.77. The molecular formula is C12H18N2O2. The van der Waals surface area contributed by atoms with E-state index in [-0.39, 0.29) is 5.91 Å². The van der Waals surface area contributed by atoms with Gasteiger partial charge in [0.1, 0.15) is 5.75 Å². The van der Waals surface area contributed by atoms with Crippen molar-refractivity contribution in [2.45, 2.75) is 32.8 Å². The molecule has 1 unspecified atom stereocenters. The van der Waals surface area contributed by atoms with Gasteiger partial charge in [0.15, 0.2) is 6.10 Å². The number of pyridine rings is 1. The van der Waals surface area contributed by atoms with Gasteiger partial charge in [0.05, 0.1) is 6.20 Å². The second-order valence-corrected chi connectivity index (χ2v) is 3.59. The second-order valence-electron chi connectivity index (χ2n) is 3.59. The highest BCUT2D eigenvalue weighted by molar-refractivity contribution is 5.80. The maximum atomic E-state index is 11.6. The van der Waals surface area contributed by atoms with Gasteiger partial charge < -0.3 is 10.1 Å². The Morgan fingerprint density at radius 1 is 1.62 bits per heavy atom. The molecule has 0 radical (unpaired) electrons. The van der Waals surface area contributed by atoms with Gasteiger partial charge in [0.25, 0.3) is 5.91 Å². The van der Waals surface area contributed by atoms with E-state index in [1.54, 1.807) is 31.5 Å². The summed E-state index contributed by atoms with van der Waals surface area (Å²) in [6, 6.07) is 3.56. The van der Waals surface area contributed by atoms with Crippen LogP contribution in [0.2, 0.25) is 0 Å². The molecule has 1 rings (SSSR count). The summed E-state index contributed by atoms with van der Waals surface area (Å²) in [5.41, 5.74) is 0. The molecule has 0 fully saturated rings. The van der Waals surface area contributed by atoms with Crippen molar-refractivity contribution in [2.24, 2.45) is 0 Å². The number of amides is 1. The minimum Gasteiger partial charge on any atom is -0.479 e. The first kappa shape index (κ1) is 12.5. The lowest BCUT2D eigenvalue weighted by Crippen LogP contribution is -2.36. The van der Waals surface area contributed by atoms with Gasteiger partial charge in [-0.25, -0.2) is 0 Å². The third-order valence-electron chi connectivity index (χ3n) is 2.15. The molecule has 0 aliphatic rings. The lowest BCUT2D eigenvalue weighted by atomic mass is 10.3. The lowest BCUT2D eigenvalue weighted by molar-refractivity contribution is -0.127. The molecular weight excluding hydrogens is 204 g/mol. The highest BCUT2D eigenvalue weighted by atomic mass is 16.5. The third-order valence-corrected chi connectivity index (χ3v) is 2.15. The van der Waals surface area contributed by atoms with E-state index in [9.17, 15) is 4.79 Å². The molecule has 88 valence electrons. The van der Waals surface area contributed by atoms with Crippen LogP contribution in [0.1, 0.15) is 26.7 Å². The Kier molecular flexibility index (Phi) is 5.32. The molecule has 16 heavy (non-hydrogen) atoms. The number of aromatic nitrogens is 1. The van der Waals surface area contributed by atoms with E-state index >= 15 is 0 Å². The average Bonchev–Trinajstić information content (AvgIpc) is 2.30. The molecule has 0 aliphatic heterocycles. The Labute approximate surface area is 96.0 Å². The normalized spacial score (nSPS) is 11.9. The lowest BCUT2D eigenvalue weighted by Gasteiger charge is -2.13. The Balaban J connectivity index is 2.34. The first-order chi connectivity index (χ1) is 7.74. The quantitative estimate of drug-likeness (QED) is 0.746. The van der Waals surface area contributed by atoms with Crippen LogP contribution in [-0.2, 0) is 4.79 Å². The molecule has 1 atom stereocenters. The Hall–Kier alpha value is -1.58. The highest BCUT2D eigenvalue weighted by Crippen LogP contribution is 2.08. The van der Waals surface area contributed by atoms with Crippen LogP contribution in [0.4, 0.5) is 0 Å². The first-order valence-electron chi connectivity index (χ1n) is 5.58. The number of nitrogens with one attached hydrogen (secondary N) is 1. The number of rotatable bonds is 6. The molecule has 0 bridgehead atoms. The summed E-state index contributed by atoms with van der Waals surface area (Å²) >= 11 is 0. The van der Waals surface area contributed by atoms with Gasteiger partial charge in [-0.05, 0) is 25.5 Å². The number of nitrogens with zero attached hydrogens (tertiary/aromatic N) is 1. The van der Waals surface area contributed by atoms with Crippen molar-refractivity contribution in [3.8, 4) is 5.75 Å². The highest BCUT2D eigenvalue weighted by Gasteiger charge is 2.13. The molecule has 0 saturated carbocycles. The van der Waals surface area contributed by atoms with E-state index in [2.05, 4.69) is 17.2 Å². The average molecular weight is 222 g/mol. The smallest absolute Gasteiger partial charge is 0.260 e. The summed E-state index contributed by atoms with van der Waals surface area (Å²) in [6.07, 6.45) is 4.83.